The Hall–Kier alpha value is -2.08. The highest BCUT2D eigenvalue weighted by atomic mass is 14.2. The molecule has 0 fully saturated rings. The highest BCUT2D eigenvalue weighted by molar-refractivity contribution is 6.00. The molecule has 0 aromatic heterocycles. The summed E-state index contributed by atoms with van der Waals surface area (Å²) in [4.78, 5) is 0. The minimum Gasteiger partial charge on any atom is -0.0917 e. The molecule has 0 aliphatic heterocycles. The summed E-state index contributed by atoms with van der Waals surface area (Å²) < 4.78 is 0. The molecule has 1 atom stereocenters. The molecule has 0 amide bonds. The highest BCUT2D eigenvalue weighted by Crippen LogP contribution is 2.34. The van der Waals surface area contributed by atoms with E-state index in [1.54, 1.807) is 11.1 Å². The Kier molecular flexibility index (Phi) is 3.46. The van der Waals surface area contributed by atoms with Gasteiger partial charge in [-0.3, -0.25) is 0 Å². The number of rotatable bonds is 2. The Balaban J connectivity index is 1.85. The van der Waals surface area contributed by atoms with E-state index in [0.29, 0.717) is 0 Å². The van der Waals surface area contributed by atoms with E-state index in [1.165, 1.54) is 47.2 Å². The van der Waals surface area contributed by atoms with Crippen molar-refractivity contribution >= 4 is 21.5 Å². The third-order valence-electron chi connectivity index (χ3n) is 5.11. The SMILES string of the molecule is C/C=C/CC1CCc2ccc3cc4ccccc4cc3c2C1. The van der Waals surface area contributed by atoms with Crippen molar-refractivity contribution in [1.82, 2.24) is 0 Å². The van der Waals surface area contributed by atoms with Crippen LogP contribution in [-0.4, -0.2) is 0 Å². The molecule has 0 spiro atoms. The summed E-state index contributed by atoms with van der Waals surface area (Å²) in [6.07, 6.45) is 9.54. The number of allylic oxidation sites excluding steroid dienone is 2. The van der Waals surface area contributed by atoms with E-state index in [4.69, 9.17) is 0 Å². The molecule has 0 heteroatoms. The van der Waals surface area contributed by atoms with E-state index in [-0.39, 0.29) is 0 Å². The largest absolute Gasteiger partial charge is 0.0917 e. The smallest absolute Gasteiger partial charge is 0.0143 e. The zero-order chi connectivity index (χ0) is 14.9. The third-order valence-corrected chi connectivity index (χ3v) is 5.11. The van der Waals surface area contributed by atoms with Gasteiger partial charge in [0.05, 0.1) is 0 Å². The summed E-state index contributed by atoms with van der Waals surface area (Å²) in [5, 5.41) is 5.57. The van der Waals surface area contributed by atoms with Gasteiger partial charge in [0.2, 0.25) is 0 Å². The summed E-state index contributed by atoms with van der Waals surface area (Å²) in [6, 6.07) is 18.1. The number of hydrogen-bond donors (Lipinski definition) is 0. The van der Waals surface area contributed by atoms with Crippen LogP contribution in [0.4, 0.5) is 0 Å². The van der Waals surface area contributed by atoms with E-state index in [1.807, 2.05) is 0 Å². The molecule has 1 aliphatic rings. The standard InChI is InChI=1S/C22H22/c1-2-3-6-16-9-10-17-11-12-20-14-18-7-4-5-8-19(18)15-22(20)21(17)13-16/h2-5,7-8,11-12,14-16H,6,9-10,13H2,1H3/b3-2+. The molecule has 3 aromatic rings. The van der Waals surface area contributed by atoms with Crippen LogP contribution in [0.5, 0.6) is 0 Å². The van der Waals surface area contributed by atoms with Gasteiger partial charge in [-0.25, -0.2) is 0 Å². The van der Waals surface area contributed by atoms with E-state index in [0.717, 1.165) is 5.92 Å². The lowest BCUT2D eigenvalue weighted by atomic mass is 9.80. The topological polar surface area (TPSA) is 0 Å². The zero-order valence-electron chi connectivity index (χ0n) is 13.2. The molecule has 110 valence electrons. The zero-order valence-corrected chi connectivity index (χ0v) is 13.2. The Bertz CT molecular complexity index is 854. The van der Waals surface area contributed by atoms with Crippen LogP contribution >= 0.6 is 0 Å². The third kappa shape index (κ3) is 2.33. The first-order valence-corrected chi connectivity index (χ1v) is 8.39. The van der Waals surface area contributed by atoms with Gasteiger partial charge in [0.1, 0.15) is 0 Å². The van der Waals surface area contributed by atoms with E-state index in [9.17, 15) is 0 Å². The van der Waals surface area contributed by atoms with Gasteiger partial charge in [-0.05, 0) is 83.3 Å². The summed E-state index contributed by atoms with van der Waals surface area (Å²) in [5.41, 5.74) is 3.17. The molecule has 0 saturated heterocycles. The maximum absolute atomic E-state index is 2.40. The maximum Gasteiger partial charge on any atom is -0.0143 e. The van der Waals surface area contributed by atoms with Crippen LogP contribution in [0.25, 0.3) is 21.5 Å². The van der Waals surface area contributed by atoms with Crippen molar-refractivity contribution < 1.29 is 0 Å². The molecule has 3 aromatic carbocycles. The first-order chi connectivity index (χ1) is 10.8. The minimum atomic E-state index is 0.806. The quantitative estimate of drug-likeness (QED) is 0.396. The van der Waals surface area contributed by atoms with Gasteiger partial charge < -0.3 is 0 Å². The predicted octanol–water partition coefficient (Wildman–Crippen LogP) is 6.06. The molecule has 0 N–H and O–H groups in total. The Morgan fingerprint density at radius 2 is 1.82 bits per heavy atom. The second-order valence-corrected chi connectivity index (χ2v) is 6.54. The van der Waals surface area contributed by atoms with Crippen molar-refractivity contribution in [3.63, 3.8) is 0 Å². The van der Waals surface area contributed by atoms with Crippen LogP contribution in [0.1, 0.15) is 30.9 Å². The van der Waals surface area contributed by atoms with Gasteiger partial charge in [-0.1, -0.05) is 48.6 Å². The van der Waals surface area contributed by atoms with Crippen LogP contribution in [0.3, 0.4) is 0 Å². The average Bonchev–Trinajstić information content (AvgIpc) is 2.58. The molecule has 0 heterocycles. The Labute approximate surface area is 132 Å². The molecule has 1 aliphatic carbocycles. The number of hydrogen-bond acceptors (Lipinski definition) is 0. The minimum absolute atomic E-state index is 0.806. The van der Waals surface area contributed by atoms with Gasteiger partial charge in [0, 0.05) is 0 Å². The molecule has 0 nitrogen and oxygen atoms in total. The molecule has 0 bridgehead atoms. The van der Waals surface area contributed by atoms with Crippen molar-refractivity contribution in [1.29, 1.82) is 0 Å². The highest BCUT2D eigenvalue weighted by Gasteiger charge is 2.19. The molecular formula is C22H22. The van der Waals surface area contributed by atoms with Crippen molar-refractivity contribution in [3.05, 3.63) is 71.8 Å². The molecule has 0 saturated carbocycles. The van der Waals surface area contributed by atoms with Crippen molar-refractivity contribution in [3.8, 4) is 0 Å². The lowest BCUT2D eigenvalue weighted by Gasteiger charge is -2.25. The van der Waals surface area contributed by atoms with Crippen LogP contribution in [0.2, 0.25) is 0 Å². The summed E-state index contributed by atoms with van der Waals surface area (Å²) >= 11 is 0. The van der Waals surface area contributed by atoms with E-state index in [2.05, 4.69) is 67.6 Å². The number of aryl methyl sites for hydroxylation is 1. The van der Waals surface area contributed by atoms with Gasteiger partial charge >= 0.3 is 0 Å². The first kappa shape index (κ1) is 13.6. The monoisotopic (exact) mass is 286 g/mol. The molecule has 4 rings (SSSR count). The first-order valence-electron chi connectivity index (χ1n) is 8.39. The van der Waals surface area contributed by atoms with Crippen LogP contribution in [-0.2, 0) is 12.8 Å². The van der Waals surface area contributed by atoms with Gasteiger partial charge in [0.15, 0.2) is 0 Å². The van der Waals surface area contributed by atoms with Gasteiger partial charge in [-0.2, -0.15) is 0 Å². The Morgan fingerprint density at radius 3 is 2.64 bits per heavy atom. The maximum atomic E-state index is 2.40. The fraction of sp³-hybridized carbons (Fsp3) is 0.273. The lowest BCUT2D eigenvalue weighted by Crippen LogP contribution is -2.14. The fourth-order valence-electron chi connectivity index (χ4n) is 3.88. The molecular weight excluding hydrogens is 264 g/mol. The van der Waals surface area contributed by atoms with Crippen molar-refractivity contribution in [2.45, 2.75) is 32.6 Å². The summed E-state index contributed by atoms with van der Waals surface area (Å²) in [5.74, 6) is 0.806. The summed E-state index contributed by atoms with van der Waals surface area (Å²) in [7, 11) is 0. The fourth-order valence-corrected chi connectivity index (χ4v) is 3.88. The van der Waals surface area contributed by atoms with E-state index >= 15 is 0 Å². The summed E-state index contributed by atoms with van der Waals surface area (Å²) in [6.45, 7) is 2.12. The molecule has 22 heavy (non-hydrogen) atoms. The predicted molar refractivity (Wildman–Crippen MR) is 96.4 cm³/mol. The number of fused-ring (bicyclic) bond motifs is 4. The van der Waals surface area contributed by atoms with Gasteiger partial charge in [-0.15, -0.1) is 0 Å². The van der Waals surface area contributed by atoms with Gasteiger partial charge in [0.25, 0.3) is 0 Å². The van der Waals surface area contributed by atoms with Crippen LogP contribution in [0, 0.1) is 5.92 Å². The van der Waals surface area contributed by atoms with Crippen LogP contribution < -0.4 is 0 Å². The average molecular weight is 286 g/mol. The van der Waals surface area contributed by atoms with Crippen molar-refractivity contribution in [2.24, 2.45) is 5.92 Å². The Morgan fingerprint density at radius 1 is 1.00 bits per heavy atom. The van der Waals surface area contributed by atoms with Crippen molar-refractivity contribution in [2.75, 3.05) is 0 Å². The molecule has 1 unspecified atom stereocenters. The van der Waals surface area contributed by atoms with E-state index < -0.39 is 0 Å². The molecule has 0 radical (unpaired) electrons. The normalized spacial score (nSPS) is 18.1. The second-order valence-electron chi connectivity index (χ2n) is 6.54. The number of benzene rings is 3. The lowest BCUT2D eigenvalue weighted by molar-refractivity contribution is 0.466. The van der Waals surface area contributed by atoms with Crippen LogP contribution in [0.15, 0.2) is 60.7 Å². The second kappa shape index (κ2) is 5.61.